The van der Waals surface area contributed by atoms with Crippen molar-refractivity contribution >= 4 is 10.9 Å². The van der Waals surface area contributed by atoms with E-state index in [4.69, 9.17) is 0 Å². The van der Waals surface area contributed by atoms with E-state index in [-0.39, 0.29) is 0 Å². The summed E-state index contributed by atoms with van der Waals surface area (Å²) < 4.78 is 0. The smallest absolute Gasteiger partial charge is 0.0457 e. The minimum atomic E-state index is 0.608. The summed E-state index contributed by atoms with van der Waals surface area (Å²) in [5, 5.41) is 4.91. The highest BCUT2D eigenvalue weighted by molar-refractivity contribution is 5.79. The van der Waals surface area contributed by atoms with Gasteiger partial charge in [-0.3, -0.25) is 0 Å². The molecule has 1 aromatic carbocycles. The molecule has 0 bridgehead atoms. The number of aromatic amines is 1. The quantitative estimate of drug-likeness (QED) is 0.664. The van der Waals surface area contributed by atoms with E-state index in [1.165, 1.54) is 48.6 Å². The summed E-state index contributed by atoms with van der Waals surface area (Å²) in [6.07, 6.45) is 8.69. The van der Waals surface area contributed by atoms with Crippen LogP contribution >= 0.6 is 0 Å². The average Bonchev–Trinajstić information content (AvgIpc) is 2.89. The third kappa shape index (κ3) is 4.39. The number of H-pyrrole nitrogens is 1. The number of nitrogens with one attached hydrogen (secondary N) is 2. The lowest BCUT2D eigenvalue weighted by Crippen LogP contribution is -2.25. The Morgan fingerprint density at radius 3 is 2.89 bits per heavy atom. The zero-order valence-electron chi connectivity index (χ0n) is 12.2. The maximum Gasteiger partial charge on any atom is 0.0457 e. The van der Waals surface area contributed by atoms with E-state index in [0.717, 1.165) is 6.54 Å². The lowest BCUT2D eigenvalue weighted by Gasteiger charge is -2.13. The van der Waals surface area contributed by atoms with Gasteiger partial charge in [0.2, 0.25) is 0 Å². The summed E-state index contributed by atoms with van der Waals surface area (Å²) >= 11 is 0. The highest BCUT2D eigenvalue weighted by Gasteiger charge is 2.02. The largest absolute Gasteiger partial charge is 0.361 e. The molecule has 1 heterocycles. The van der Waals surface area contributed by atoms with Gasteiger partial charge in [0.15, 0.2) is 0 Å². The number of hydrogen-bond donors (Lipinski definition) is 2. The maximum absolute atomic E-state index is 3.62. The molecular weight excluding hydrogens is 232 g/mol. The summed E-state index contributed by atoms with van der Waals surface area (Å²) in [4.78, 5) is 3.27. The Bertz CT molecular complexity index is 487. The summed E-state index contributed by atoms with van der Waals surface area (Å²) in [5.74, 6) is 0. The van der Waals surface area contributed by atoms with E-state index in [0.29, 0.717) is 6.04 Å². The lowest BCUT2D eigenvalue weighted by molar-refractivity contribution is 0.483. The first kappa shape index (κ1) is 14.1. The van der Waals surface area contributed by atoms with Crippen LogP contribution in [0.15, 0.2) is 30.5 Å². The van der Waals surface area contributed by atoms with Crippen LogP contribution in [-0.4, -0.2) is 11.0 Å². The first-order chi connectivity index (χ1) is 9.29. The molecule has 104 valence electrons. The van der Waals surface area contributed by atoms with E-state index < -0.39 is 0 Å². The Hall–Kier alpha value is -1.28. The Balaban J connectivity index is 1.74. The average molecular weight is 258 g/mol. The van der Waals surface area contributed by atoms with Gasteiger partial charge in [-0.1, -0.05) is 44.7 Å². The van der Waals surface area contributed by atoms with Gasteiger partial charge < -0.3 is 10.3 Å². The lowest BCUT2D eigenvalue weighted by atomic mass is 10.1. The summed E-state index contributed by atoms with van der Waals surface area (Å²) in [6, 6.07) is 9.37. The second-order valence-electron chi connectivity index (χ2n) is 5.53. The van der Waals surface area contributed by atoms with Crippen molar-refractivity contribution in [1.82, 2.24) is 10.3 Å². The fourth-order valence-corrected chi connectivity index (χ4v) is 2.48. The number of benzene rings is 1. The predicted octanol–water partition coefficient (Wildman–Crippen LogP) is 4.62. The van der Waals surface area contributed by atoms with Crippen molar-refractivity contribution in [3.05, 3.63) is 36.0 Å². The topological polar surface area (TPSA) is 27.8 Å². The second kappa shape index (κ2) is 7.34. The van der Waals surface area contributed by atoms with Crippen LogP contribution in [0.4, 0.5) is 0 Å². The third-order valence-corrected chi connectivity index (χ3v) is 3.76. The van der Waals surface area contributed by atoms with Crippen LogP contribution in [0, 0.1) is 0 Å². The molecule has 0 aliphatic carbocycles. The van der Waals surface area contributed by atoms with Crippen LogP contribution in [-0.2, 0) is 6.54 Å². The minimum Gasteiger partial charge on any atom is -0.361 e. The number of unbranched alkanes of at least 4 members (excludes halogenated alkanes) is 3. The van der Waals surface area contributed by atoms with Crippen molar-refractivity contribution in [1.29, 1.82) is 0 Å². The Kier molecular flexibility index (Phi) is 5.46. The fraction of sp³-hybridized carbons (Fsp3) is 0.529. The van der Waals surface area contributed by atoms with Gasteiger partial charge in [-0.15, -0.1) is 0 Å². The highest BCUT2D eigenvalue weighted by Crippen LogP contribution is 2.14. The van der Waals surface area contributed by atoms with Gasteiger partial charge >= 0.3 is 0 Å². The molecule has 2 heteroatoms. The molecule has 19 heavy (non-hydrogen) atoms. The molecule has 0 spiro atoms. The molecule has 2 nitrogen and oxygen atoms in total. The molecule has 2 rings (SSSR count). The van der Waals surface area contributed by atoms with Crippen molar-refractivity contribution in [3.8, 4) is 0 Å². The van der Waals surface area contributed by atoms with E-state index in [1.54, 1.807) is 0 Å². The molecule has 2 aromatic rings. The van der Waals surface area contributed by atoms with Crippen LogP contribution in [0.5, 0.6) is 0 Å². The fourth-order valence-electron chi connectivity index (χ4n) is 2.48. The van der Waals surface area contributed by atoms with E-state index in [2.05, 4.69) is 48.4 Å². The molecule has 0 fully saturated rings. The highest BCUT2D eigenvalue weighted by atomic mass is 14.9. The Morgan fingerprint density at radius 2 is 2.05 bits per heavy atom. The Labute approximate surface area is 116 Å². The molecule has 1 aromatic heterocycles. The maximum atomic E-state index is 3.62. The van der Waals surface area contributed by atoms with Crippen molar-refractivity contribution in [2.24, 2.45) is 0 Å². The molecule has 0 aliphatic rings. The normalized spacial score (nSPS) is 12.9. The first-order valence-corrected chi connectivity index (χ1v) is 7.59. The molecule has 0 saturated carbocycles. The number of aromatic nitrogens is 1. The molecular formula is C17H26N2. The Morgan fingerprint density at radius 1 is 1.16 bits per heavy atom. The molecule has 1 unspecified atom stereocenters. The van der Waals surface area contributed by atoms with Crippen LogP contribution < -0.4 is 5.32 Å². The number of fused-ring (bicyclic) bond motifs is 1. The van der Waals surface area contributed by atoms with Gasteiger partial charge in [-0.05, 0) is 36.4 Å². The standard InChI is InChI=1S/C17H26N2/c1-3-4-5-6-7-14(2)19-13-15-8-9-16-10-11-18-17(16)12-15/h8-12,14,18-19H,3-7,13H2,1-2H3. The van der Waals surface area contributed by atoms with Gasteiger partial charge in [0, 0.05) is 24.3 Å². The molecule has 0 amide bonds. The van der Waals surface area contributed by atoms with Crippen LogP contribution in [0.3, 0.4) is 0 Å². The molecule has 0 saturated heterocycles. The second-order valence-corrected chi connectivity index (χ2v) is 5.53. The van der Waals surface area contributed by atoms with Crippen LogP contribution in [0.1, 0.15) is 51.5 Å². The number of hydrogen-bond acceptors (Lipinski definition) is 1. The molecule has 0 radical (unpaired) electrons. The van der Waals surface area contributed by atoms with Crippen molar-refractivity contribution in [2.75, 3.05) is 0 Å². The predicted molar refractivity (Wildman–Crippen MR) is 83.4 cm³/mol. The van der Waals surface area contributed by atoms with E-state index in [9.17, 15) is 0 Å². The third-order valence-electron chi connectivity index (χ3n) is 3.76. The van der Waals surface area contributed by atoms with E-state index in [1.807, 2.05) is 6.20 Å². The van der Waals surface area contributed by atoms with Crippen LogP contribution in [0.2, 0.25) is 0 Å². The van der Waals surface area contributed by atoms with Gasteiger partial charge in [0.05, 0.1) is 0 Å². The summed E-state index contributed by atoms with van der Waals surface area (Å²) in [7, 11) is 0. The van der Waals surface area contributed by atoms with Gasteiger partial charge in [0.1, 0.15) is 0 Å². The zero-order chi connectivity index (χ0) is 13.5. The van der Waals surface area contributed by atoms with Gasteiger partial charge in [-0.2, -0.15) is 0 Å². The summed E-state index contributed by atoms with van der Waals surface area (Å²) in [6.45, 7) is 5.52. The minimum absolute atomic E-state index is 0.608. The summed E-state index contributed by atoms with van der Waals surface area (Å²) in [5.41, 5.74) is 2.59. The van der Waals surface area contributed by atoms with Gasteiger partial charge in [-0.25, -0.2) is 0 Å². The molecule has 0 aliphatic heterocycles. The monoisotopic (exact) mass is 258 g/mol. The molecule has 1 atom stereocenters. The van der Waals surface area contributed by atoms with Crippen molar-refractivity contribution < 1.29 is 0 Å². The van der Waals surface area contributed by atoms with Crippen molar-refractivity contribution in [3.63, 3.8) is 0 Å². The molecule has 2 N–H and O–H groups in total. The van der Waals surface area contributed by atoms with Crippen LogP contribution in [0.25, 0.3) is 10.9 Å². The van der Waals surface area contributed by atoms with Gasteiger partial charge in [0.25, 0.3) is 0 Å². The van der Waals surface area contributed by atoms with Crippen molar-refractivity contribution in [2.45, 2.75) is 58.5 Å². The SMILES string of the molecule is CCCCCCC(C)NCc1ccc2cc[nH]c2c1. The first-order valence-electron chi connectivity index (χ1n) is 7.59. The zero-order valence-corrected chi connectivity index (χ0v) is 12.2. The number of rotatable bonds is 8. The van der Waals surface area contributed by atoms with E-state index >= 15 is 0 Å².